The van der Waals surface area contributed by atoms with Crippen LogP contribution in [-0.4, -0.2) is 22.2 Å². The van der Waals surface area contributed by atoms with Crippen molar-refractivity contribution >= 4 is 5.97 Å². The molecule has 0 spiro atoms. The number of carboxylic acids is 1. The summed E-state index contributed by atoms with van der Waals surface area (Å²) in [5, 5.41) is 28.6. The fourth-order valence-corrected chi connectivity index (χ4v) is 3.25. The van der Waals surface area contributed by atoms with Gasteiger partial charge in [0.2, 0.25) is 5.88 Å². The van der Waals surface area contributed by atoms with E-state index in [-0.39, 0.29) is 17.1 Å². The highest BCUT2D eigenvalue weighted by Crippen LogP contribution is 2.37. The van der Waals surface area contributed by atoms with E-state index in [1.807, 2.05) is 24.3 Å². The second-order valence-corrected chi connectivity index (χ2v) is 6.05. The standard InChI is InChI=1S/C22H17N3O3/c1-3-28-21-18(13-24)19(20(22(26)27)25(21)2)15-10-8-14(9-11-15)17-7-5-4-6-16(17)12-23/h4-11H,3H2,1-2H3,(H,26,27). The number of ether oxygens (including phenoxy) is 1. The Morgan fingerprint density at radius 1 is 1.07 bits per heavy atom. The third-order valence-electron chi connectivity index (χ3n) is 4.47. The predicted molar refractivity (Wildman–Crippen MR) is 104 cm³/mol. The van der Waals surface area contributed by atoms with Crippen molar-refractivity contribution in [1.29, 1.82) is 10.5 Å². The summed E-state index contributed by atoms with van der Waals surface area (Å²) in [6.45, 7) is 2.09. The second kappa shape index (κ2) is 7.69. The van der Waals surface area contributed by atoms with Gasteiger partial charge in [0, 0.05) is 12.6 Å². The van der Waals surface area contributed by atoms with Crippen LogP contribution in [0.4, 0.5) is 0 Å². The number of aromatic carboxylic acids is 1. The van der Waals surface area contributed by atoms with E-state index < -0.39 is 5.97 Å². The Morgan fingerprint density at radius 3 is 2.29 bits per heavy atom. The van der Waals surface area contributed by atoms with Crippen LogP contribution < -0.4 is 4.74 Å². The fourth-order valence-electron chi connectivity index (χ4n) is 3.25. The van der Waals surface area contributed by atoms with Gasteiger partial charge in [-0.2, -0.15) is 10.5 Å². The number of benzene rings is 2. The molecule has 0 bridgehead atoms. The molecule has 2 aromatic carbocycles. The van der Waals surface area contributed by atoms with Crippen molar-refractivity contribution in [2.24, 2.45) is 7.05 Å². The van der Waals surface area contributed by atoms with Gasteiger partial charge in [0.25, 0.3) is 0 Å². The van der Waals surface area contributed by atoms with Gasteiger partial charge in [-0.25, -0.2) is 4.79 Å². The second-order valence-electron chi connectivity index (χ2n) is 6.05. The molecule has 0 radical (unpaired) electrons. The summed E-state index contributed by atoms with van der Waals surface area (Å²) >= 11 is 0. The van der Waals surface area contributed by atoms with Crippen LogP contribution >= 0.6 is 0 Å². The molecule has 0 fully saturated rings. The first-order valence-electron chi connectivity index (χ1n) is 8.62. The zero-order valence-corrected chi connectivity index (χ0v) is 15.4. The van der Waals surface area contributed by atoms with Crippen LogP contribution in [0.3, 0.4) is 0 Å². The highest BCUT2D eigenvalue weighted by molar-refractivity contribution is 5.98. The molecule has 0 amide bonds. The summed E-state index contributed by atoms with van der Waals surface area (Å²) in [5.41, 5.74) is 3.26. The van der Waals surface area contributed by atoms with Gasteiger partial charge in [-0.05, 0) is 29.7 Å². The van der Waals surface area contributed by atoms with Crippen LogP contribution in [0.2, 0.25) is 0 Å². The number of rotatable bonds is 5. The van der Waals surface area contributed by atoms with Crippen LogP contribution in [-0.2, 0) is 7.05 Å². The number of carbonyl (C=O) groups is 1. The van der Waals surface area contributed by atoms with Gasteiger partial charge in [0.1, 0.15) is 17.3 Å². The van der Waals surface area contributed by atoms with Crippen molar-refractivity contribution in [3.63, 3.8) is 0 Å². The number of nitriles is 2. The molecule has 28 heavy (non-hydrogen) atoms. The van der Waals surface area contributed by atoms with Crippen LogP contribution in [0.5, 0.6) is 5.88 Å². The zero-order chi connectivity index (χ0) is 20.3. The molecule has 3 aromatic rings. The maximum absolute atomic E-state index is 11.9. The van der Waals surface area contributed by atoms with Crippen LogP contribution in [0.25, 0.3) is 22.3 Å². The highest BCUT2D eigenvalue weighted by atomic mass is 16.5. The highest BCUT2D eigenvalue weighted by Gasteiger charge is 2.27. The summed E-state index contributed by atoms with van der Waals surface area (Å²) in [5.74, 6) is -0.907. The van der Waals surface area contributed by atoms with Gasteiger partial charge < -0.3 is 14.4 Å². The van der Waals surface area contributed by atoms with Crippen molar-refractivity contribution in [2.45, 2.75) is 6.92 Å². The lowest BCUT2D eigenvalue weighted by Crippen LogP contribution is -2.07. The predicted octanol–water partition coefficient (Wildman–Crippen LogP) is 4.20. The lowest BCUT2D eigenvalue weighted by Gasteiger charge is -2.07. The minimum atomic E-state index is -1.14. The molecule has 0 atom stereocenters. The normalized spacial score (nSPS) is 10.1. The number of hydrogen-bond acceptors (Lipinski definition) is 4. The molecule has 6 nitrogen and oxygen atoms in total. The van der Waals surface area contributed by atoms with E-state index >= 15 is 0 Å². The molecular weight excluding hydrogens is 354 g/mol. The average molecular weight is 371 g/mol. The summed E-state index contributed by atoms with van der Waals surface area (Å²) < 4.78 is 6.90. The molecule has 0 aliphatic heterocycles. The smallest absolute Gasteiger partial charge is 0.353 e. The SMILES string of the molecule is CCOc1c(C#N)c(-c2ccc(-c3ccccc3C#N)cc2)c(C(=O)O)n1C. The fraction of sp³-hybridized carbons (Fsp3) is 0.136. The molecule has 0 aliphatic carbocycles. The Hall–Kier alpha value is -4.03. The zero-order valence-electron chi connectivity index (χ0n) is 15.4. The minimum absolute atomic E-state index is 0.00910. The molecular formula is C22H17N3O3. The lowest BCUT2D eigenvalue weighted by molar-refractivity contribution is 0.0686. The molecule has 1 N–H and O–H groups in total. The Balaban J connectivity index is 2.17. The van der Waals surface area contributed by atoms with E-state index in [1.54, 1.807) is 38.2 Å². The number of carboxylic acid groups (broad SMARTS) is 1. The molecule has 0 saturated carbocycles. The van der Waals surface area contributed by atoms with E-state index in [9.17, 15) is 20.4 Å². The Bertz CT molecular complexity index is 1130. The van der Waals surface area contributed by atoms with Gasteiger partial charge in [-0.1, -0.05) is 42.5 Å². The Labute approximate surface area is 162 Å². The molecule has 6 heteroatoms. The number of hydrogen-bond donors (Lipinski definition) is 1. The first kappa shape index (κ1) is 18.8. The summed E-state index contributed by atoms with van der Waals surface area (Å²) in [4.78, 5) is 11.9. The monoisotopic (exact) mass is 371 g/mol. The van der Waals surface area contributed by atoms with E-state index in [1.165, 1.54) is 4.57 Å². The first-order valence-corrected chi connectivity index (χ1v) is 8.62. The summed E-state index contributed by atoms with van der Waals surface area (Å²) in [6.07, 6.45) is 0. The Morgan fingerprint density at radius 2 is 1.71 bits per heavy atom. The molecule has 3 rings (SSSR count). The molecule has 1 heterocycles. The van der Waals surface area contributed by atoms with Gasteiger partial charge in [-0.15, -0.1) is 0 Å². The van der Waals surface area contributed by atoms with Crippen molar-refractivity contribution in [3.05, 3.63) is 65.4 Å². The van der Waals surface area contributed by atoms with E-state index in [2.05, 4.69) is 12.1 Å². The van der Waals surface area contributed by atoms with Gasteiger partial charge in [-0.3, -0.25) is 0 Å². The third-order valence-corrected chi connectivity index (χ3v) is 4.47. The quantitative estimate of drug-likeness (QED) is 0.725. The number of aromatic nitrogens is 1. The topological polar surface area (TPSA) is 99.0 Å². The average Bonchev–Trinajstić information content (AvgIpc) is 3.00. The van der Waals surface area contributed by atoms with Crippen LogP contribution in [0.1, 0.15) is 28.5 Å². The lowest BCUT2D eigenvalue weighted by atomic mass is 9.96. The van der Waals surface area contributed by atoms with E-state index in [0.717, 1.165) is 11.1 Å². The van der Waals surface area contributed by atoms with Gasteiger partial charge in [0.15, 0.2) is 0 Å². The maximum atomic E-state index is 11.9. The third kappa shape index (κ3) is 3.08. The first-order chi connectivity index (χ1) is 13.5. The van der Waals surface area contributed by atoms with Crippen molar-refractivity contribution in [1.82, 2.24) is 4.57 Å². The van der Waals surface area contributed by atoms with Crippen molar-refractivity contribution in [2.75, 3.05) is 6.61 Å². The minimum Gasteiger partial charge on any atom is -0.478 e. The van der Waals surface area contributed by atoms with Crippen LogP contribution in [0, 0.1) is 22.7 Å². The van der Waals surface area contributed by atoms with Gasteiger partial charge >= 0.3 is 5.97 Å². The maximum Gasteiger partial charge on any atom is 0.353 e. The van der Waals surface area contributed by atoms with E-state index in [4.69, 9.17) is 4.74 Å². The Kier molecular flexibility index (Phi) is 5.15. The molecule has 0 aliphatic rings. The molecule has 0 saturated heterocycles. The van der Waals surface area contributed by atoms with Crippen molar-refractivity contribution < 1.29 is 14.6 Å². The number of nitrogens with zero attached hydrogens (tertiary/aromatic N) is 3. The molecule has 0 unspecified atom stereocenters. The van der Waals surface area contributed by atoms with Crippen molar-refractivity contribution in [3.8, 4) is 40.3 Å². The largest absolute Gasteiger partial charge is 0.478 e. The van der Waals surface area contributed by atoms with Gasteiger partial charge in [0.05, 0.1) is 18.2 Å². The summed E-state index contributed by atoms with van der Waals surface area (Å²) in [6, 6.07) is 18.6. The van der Waals surface area contributed by atoms with E-state index in [0.29, 0.717) is 23.3 Å². The van der Waals surface area contributed by atoms with Crippen LogP contribution in [0.15, 0.2) is 48.5 Å². The molecule has 1 aromatic heterocycles. The molecule has 138 valence electrons. The summed E-state index contributed by atoms with van der Waals surface area (Å²) in [7, 11) is 1.57.